The van der Waals surface area contributed by atoms with Gasteiger partial charge in [-0.05, 0) is 53.5 Å². The fourth-order valence-corrected chi connectivity index (χ4v) is 3.71. The van der Waals surface area contributed by atoms with Crippen LogP contribution >= 0.6 is 11.3 Å². The summed E-state index contributed by atoms with van der Waals surface area (Å²) in [6, 6.07) is 8.28. The Morgan fingerprint density at radius 1 is 1.07 bits per heavy atom. The van der Waals surface area contributed by atoms with E-state index in [9.17, 15) is 0 Å². The number of benzene rings is 1. The Morgan fingerprint density at radius 2 is 1.82 bits per heavy atom. The normalized spacial score (nSPS) is 16.9. The van der Waals surface area contributed by atoms with Crippen molar-refractivity contribution in [2.75, 3.05) is 6.61 Å². The van der Waals surface area contributed by atoms with Gasteiger partial charge in [-0.15, -0.1) is 11.3 Å². The van der Waals surface area contributed by atoms with E-state index in [1.54, 1.807) is 11.3 Å². The number of aliphatic hydroxyl groups excluding tert-OH is 1. The first-order valence-corrected chi connectivity index (χ1v) is 11.0. The van der Waals surface area contributed by atoms with E-state index in [2.05, 4.69) is 94.3 Å². The van der Waals surface area contributed by atoms with Crippen molar-refractivity contribution in [3.8, 4) is 0 Å². The van der Waals surface area contributed by atoms with Crippen molar-refractivity contribution < 1.29 is 5.11 Å². The Labute approximate surface area is 174 Å². The van der Waals surface area contributed by atoms with Gasteiger partial charge in [-0.2, -0.15) is 0 Å². The van der Waals surface area contributed by atoms with Crippen LogP contribution in [0.25, 0.3) is 16.3 Å². The van der Waals surface area contributed by atoms with E-state index in [4.69, 9.17) is 5.11 Å². The SMILES string of the molecule is CC(C)CCO.CC1C=C(/C=C/c2nc3ccccc3s2)C=CC(C(C)C)=C1. The molecule has 1 N–H and O–H groups in total. The van der Waals surface area contributed by atoms with Crippen LogP contribution in [0.5, 0.6) is 0 Å². The maximum absolute atomic E-state index is 8.24. The van der Waals surface area contributed by atoms with E-state index < -0.39 is 0 Å². The molecule has 0 saturated carbocycles. The van der Waals surface area contributed by atoms with Gasteiger partial charge in [0.25, 0.3) is 0 Å². The van der Waals surface area contributed by atoms with E-state index in [0.717, 1.165) is 16.9 Å². The molecule has 3 rings (SSSR count). The van der Waals surface area contributed by atoms with Crippen molar-refractivity contribution in [1.29, 1.82) is 0 Å². The summed E-state index contributed by atoms with van der Waals surface area (Å²) in [6.07, 6.45) is 14.3. The van der Waals surface area contributed by atoms with E-state index in [-0.39, 0.29) is 0 Å². The van der Waals surface area contributed by atoms with Crippen molar-refractivity contribution >= 4 is 27.6 Å². The van der Waals surface area contributed by atoms with Gasteiger partial charge >= 0.3 is 0 Å². The quantitative estimate of drug-likeness (QED) is 0.588. The molecule has 1 atom stereocenters. The fourth-order valence-electron chi connectivity index (χ4n) is 2.84. The highest BCUT2D eigenvalue weighted by molar-refractivity contribution is 7.19. The molecule has 1 aromatic heterocycles. The molecule has 2 nitrogen and oxygen atoms in total. The summed E-state index contributed by atoms with van der Waals surface area (Å²) >= 11 is 1.74. The lowest BCUT2D eigenvalue weighted by Gasteiger charge is -2.06. The van der Waals surface area contributed by atoms with Crippen LogP contribution in [-0.2, 0) is 0 Å². The van der Waals surface area contributed by atoms with Crippen LogP contribution in [0.4, 0.5) is 0 Å². The monoisotopic (exact) mass is 395 g/mol. The predicted molar refractivity (Wildman–Crippen MR) is 125 cm³/mol. The maximum atomic E-state index is 8.24. The van der Waals surface area contributed by atoms with Crippen LogP contribution < -0.4 is 0 Å². The molecule has 1 aromatic carbocycles. The second-order valence-electron chi connectivity index (χ2n) is 7.94. The molecule has 150 valence electrons. The van der Waals surface area contributed by atoms with Crippen LogP contribution in [0.1, 0.15) is 46.0 Å². The first kappa shape index (κ1) is 22.3. The Morgan fingerprint density at radius 3 is 2.43 bits per heavy atom. The number of nitrogens with zero attached hydrogens (tertiary/aromatic N) is 1. The minimum Gasteiger partial charge on any atom is -0.396 e. The summed E-state index contributed by atoms with van der Waals surface area (Å²) < 4.78 is 1.24. The number of fused-ring (bicyclic) bond motifs is 1. The molecule has 0 bridgehead atoms. The first-order valence-electron chi connectivity index (χ1n) is 10.1. The Balaban J connectivity index is 0.000000409. The zero-order valence-electron chi connectivity index (χ0n) is 17.7. The summed E-state index contributed by atoms with van der Waals surface area (Å²) in [6.45, 7) is 11.2. The number of para-hydroxylation sites is 1. The average molecular weight is 396 g/mol. The molecule has 0 amide bonds. The Kier molecular flexibility index (Phi) is 8.88. The van der Waals surface area contributed by atoms with Gasteiger partial charge in [-0.25, -0.2) is 4.98 Å². The lowest BCUT2D eigenvalue weighted by molar-refractivity contribution is 0.268. The van der Waals surface area contributed by atoms with Gasteiger partial charge in [0.15, 0.2) is 0 Å². The zero-order valence-corrected chi connectivity index (χ0v) is 18.5. The third-order valence-corrected chi connectivity index (χ3v) is 5.48. The second kappa shape index (κ2) is 11.1. The summed E-state index contributed by atoms with van der Waals surface area (Å²) in [4.78, 5) is 4.65. The molecule has 1 unspecified atom stereocenters. The largest absolute Gasteiger partial charge is 0.396 e. The molecule has 28 heavy (non-hydrogen) atoms. The Bertz CT molecular complexity index is 835. The third kappa shape index (κ3) is 7.21. The number of aliphatic hydroxyl groups is 1. The molecule has 0 fully saturated rings. The van der Waals surface area contributed by atoms with Crippen molar-refractivity contribution in [3.05, 3.63) is 70.8 Å². The molecule has 1 heterocycles. The number of allylic oxidation sites excluding steroid dienone is 7. The van der Waals surface area contributed by atoms with Gasteiger partial charge in [0.05, 0.1) is 10.2 Å². The molecular formula is C25H33NOS. The average Bonchev–Trinajstić information content (AvgIpc) is 2.95. The van der Waals surface area contributed by atoms with Crippen LogP contribution in [0.15, 0.2) is 65.8 Å². The number of aromatic nitrogens is 1. The summed E-state index contributed by atoms with van der Waals surface area (Å²) in [5.41, 5.74) is 3.74. The summed E-state index contributed by atoms with van der Waals surface area (Å²) in [5.74, 6) is 1.68. The van der Waals surface area contributed by atoms with E-state index >= 15 is 0 Å². The van der Waals surface area contributed by atoms with Crippen molar-refractivity contribution in [2.45, 2.75) is 41.0 Å². The van der Waals surface area contributed by atoms with Gasteiger partial charge in [-0.3, -0.25) is 0 Å². The van der Waals surface area contributed by atoms with Crippen molar-refractivity contribution in [1.82, 2.24) is 4.98 Å². The lowest BCUT2D eigenvalue weighted by Crippen LogP contribution is -1.92. The molecule has 0 spiro atoms. The molecule has 0 radical (unpaired) electrons. The van der Waals surface area contributed by atoms with Crippen molar-refractivity contribution in [2.24, 2.45) is 17.8 Å². The number of thiazole rings is 1. The lowest BCUT2D eigenvalue weighted by atomic mass is 9.99. The summed E-state index contributed by atoms with van der Waals surface area (Å²) in [7, 11) is 0. The van der Waals surface area contributed by atoms with Crippen LogP contribution in [0.2, 0.25) is 0 Å². The van der Waals surface area contributed by atoms with Crippen LogP contribution in [0.3, 0.4) is 0 Å². The molecule has 2 aromatic rings. The molecular weight excluding hydrogens is 362 g/mol. The van der Waals surface area contributed by atoms with Gasteiger partial charge < -0.3 is 5.11 Å². The maximum Gasteiger partial charge on any atom is 0.117 e. The minimum absolute atomic E-state index is 0.331. The molecule has 1 aliphatic carbocycles. The van der Waals surface area contributed by atoms with E-state index in [1.807, 2.05) is 6.07 Å². The van der Waals surface area contributed by atoms with Crippen LogP contribution in [-0.4, -0.2) is 16.7 Å². The zero-order chi connectivity index (χ0) is 20.5. The standard InChI is InChI=1S/C20H21NS.C5H12O/c1-14(2)17-10-8-16(12-15(3)13-17)9-11-20-21-18-6-4-5-7-19(18)22-20;1-5(2)3-4-6/h4-15H,1-3H3;5-6H,3-4H2,1-2H3/b11-9+;. The van der Waals surface area contributed by atoms with Crippen LogP contribution in [0, 0.1) is 17.8 Å². The van der Waals surface area contributed by atoms with Gasteiger partial charge in [0, 0.05) is 6.61 Å². The Hall–Kier alpha value is -1.97. The van der Waals surface area contributed by atoms with E-state index in [1.165, 1.54) is 15.8 Å². The van der Waals surface area contributed by atoms with E-state index in [0.29, 0.717) is 24.4 Å². The predicted octanol–water partition coefficient (Wildman–Crippen LogP) is 7.05. The van der Waals surface area contributed by atoms with Gasteiger partial charge in [0.2, 0.25) is 0 Å². The molecule has 0 aliphatic heterocycles. The smallest absolute Gasteiger partial charge is 0.117 e. The number of hydrogen-bond acceptors (Lipinski definition) is 3. The highest BCUT2D eigenvalue weighted by Gasteiger charge is 2.06. The summed E-state index contributed by atoms with van der Waals surface area (Å²) in [5, 5.41) is 9.30. The number of hydrogen-bond donors (Lipinski definition) is 1. The second-order valence-corrected chi connectivity index (χ2v) is 9.00. The minimum atomic E-state index is 0.331. The molecule has 1 aliphatic rings. The third-order valence-electron chi connectivity index (χ3n) is 4.48. The topological polar surface area (TPSA) is 33.1 Å². The highest BCUT2D eigenvalue weighted by atomic mass is 32.1. The van der Waals surface area contributed by atoms with Crippen molar-refractivity contribution in [3.63, 3.8) is 0 Å². The fraction of sp³-hybridized carbons (Fsp3) is 0.400. The van der Waals surface area contributed by atoms with Gasteiger partial charge in [-0.1, -0.05) is 77.1 Å². The molecule has 3 heteroatoms. The first-order chi connectivity index (χ1) is 13.4. The molecule has 0 saturated heterocycles. The number of rotatable bonds is 5. The highest BCUT2D eigenvalue weighted by Crippen LogP contribution is 2.24. The van der Waals surface area contributed by atoms with Gasteiger partial charge in [0.1, 0.15) is 5.01 Å².